The smallest absolute Gasteiger partial charge is 0.309 e. The van der Waals surface area contributed by atoms with Crippen LogP contribution in [0.1, 0.15) is 47.7 Å². The first-order chi connectivity index (χ1) is 18.2. The summed E-state index contributed by atoms with van der Waals surface area (Å²) >= 11 is 5.87. The lowest BCUT2D eigenvalue weighted by Gasteiger charge is -2.27. The Balaban J connectivity index is 1.36. The minimum absolute atomic E-state index is 0.0208. The van der Waals surface area contributed by atoms with Crippen molar-refractivity contribution in [3.05, 3.63) is 70.1 Å². The third-order valence-corrected chi connectivity index (χ3v) is 7.94. The summed E-state index contributed by atoms with van der Waals surface area (Å²) in [7, 11) is 1.32. The molecule has 3 aromatic rings. The first-order valence-corrected chi connectivity index (χ1v) is 13.0. The molecule has 1 aliphatic carbocycles. The van der Waals surface area contributed by atoms with E-state index in [1.165, 1.54) is 20.1 Å². The number of hydrogen-bond acceptors (Lipinski definition) is 5. The summed E-state index contributed by atoms with van der Waals surface area (Å²) in [5.74, 6) is -1.03. The minimum atomic E-state index is -0.544. The molecule has 3 atom stereocenters. The molecule has 0 spiro atoms. The Bertz CT molecular complexity index is 1460. The fourth-order valence-electron chi connectivity index (χ4n) is 5.59. The molecule has 1 saturated heterocycles. The zero-order valence-electron chi connectivity index (χ0n) is 21.2. The van der Waals surface area contributed by atoms with Gasteiger partial charge in [0.15, 0.2) is 11.6 Å². The Kier molecular flexibility index (Phi) is 7.09. The van der Waals surface area contributed by atoms with Gasteiger partial charge >= 0.3 is 5.97 Å². The predicted octanol–water partition coefficient (Wildman–Crippen LogP) is 4.54. The summed E-state index contributed by atoms with van der Waals surface area (Å²) in [6, 6.07) is 9.55. The van der Waals surface area contributed by atoms with Crippen LogP contribution in [0.15, 0.2) is 42.6 Å². The van der Waals surface area contributed by atoms with Crippen molar-refractivity contribution in [3.63, 3.8) is 0 Å². The zero-order valence-corrected chi connectivity index (χ0v) is 22.0. The van der Waals surface area contributed by atoms with Gasteiger partial charge in [-0.25, -0.2) is 4.39 Å². The summed E-state index contributed by atoms with van der Waals surface area (Å²) < 4.78 is 20.8. The summed E-state index contributed by atoms with van der Waals surface area (Å²) in [5.41, 5.74) is 2.23. The lowest BCUT2D eigenvalue weighted by Crippen LogP contribution is -2.44. The number of Topliss-reactive ketones (excluding diaryl/α,β-unsaturated/α-hetero) is 2. The van der Waals surface area contributed by atoms with Crippen molar-refractivity contribution in [2.45, 2.75) is 57.7 Å². The molecule has 0 radical (unpaired) electrons. The van der Waals surface area contributed by atoms with Gasteiger partial charge in [0.25, 0.3) is 0 Å². The van der Waals surface area contributed by atoms with E-state index in [0.717, 1.165) is 6.42 Å². The van der Waals surface area contributed by atoms with Gasteiger partial charge in [0.05, 0.1) is 24.6 Å². The normalized spacial score (nSPS) is 19.9. The van der Waals surface area contributed by atoms with Gasteiger partial charge in [-0.2, -0.15) is 0 Å². The highest BCUT2D eigenvalue weighted by Gasteiger charge is 2.55. The fraction of sp³-hybridized carbons (Fsp3) is 0.379. The molecule has 38 heavy (non-hydrogen) atoms. The third kappa shape index (κ3) is 4.97. The van der Waals surface area contributed by atoms with Crippen LogP contribution in [0, 0.1) is 11.7 Å². The molecule has 2 heterocycles. The number of piperidine rings is 1. The first kappa shape index (κ1) is 26.1. The quantitative estimate of drug-likeness (QED) is 0.295. The maximum absolute atomic E-state index is 14.3. The van der Waals surface area contributed by atoms with E-state index in [1.807, 2.05) is 0 Å². The zero-order chi connectivity index (χ0) is 27.1. The Labute approximate surface area is 224 Å². The Morgan fingerprint density at radius 3 is 2.66 bits per heavy atom. The maximum atomic E-state index is 14.3. The van der Waals surface area contributed by atoms with Crippen molar-refractivity contribution >= 4 is 45.9 Å². The molecule has 2 aliphatic rings. The van der Waals surface area contributed by atoms with Crippen molar-refractivity contribution in [3.8, 4) is 0 Å². The highest BCUT2D eigenvalue weighted by molar-refractivity contribution is 6.30. The number of methoxy groups -OCH3 is 1. The van der Waals surface area contributed by atoms with Gasteiger partial charge in [-0.05, 0) is 55.4 Å². The number of aromatic nitrogens is 1. The van der Waals surface area contributed by atoms with Gasteiger partial charge in [-0.15, -0.1) is 0 Å². The van der Waals surface area contributed by atoms with E-state index in [0.29, 0.717) is 39.9 Å². The van der Waals surface area contributed by atoms with Crippen LogP contribution in [0.25, 0.3) is 10.9 Å². The molecule has 7 nitrogen and oxygen atoms in total. The van der Waals surface area contributed by atoms with Crippen molar-refractivity contribution in [1.29, 1.82) is 0 Å². The molecule has 0 bridgehead atoms. The van der Waals surface area contributed by atoms with Gasteiger partial charge in [-0.3, -0.25) is 19.2 Å². The van der Waals surface area contributed by atoms with Crippen molar-refractivity contribution in [2.75, 3.05) is 7.11 Å². The van der Waals surface area contributed by atoms with Crippen LogP contribution in [0.4, 0.5) is 4.39 Å². The monoisotopic (exact) mass is 538 g/mol. The van der Waals surface area contributed by atoms with Gasteiger partial charge in [0.2, 0.25) is 5.91 Å². The van der Waals surface area contributed by atoms with E-state index in [2.05, 4.69) is 0 Å². The number of aryl methyl sites for hydroxylation is 1. The molecular formula is C29H28ClFN2O5. The third-order valence-electron chi connectivity index (χ3n) is 7.64. The number of carbonyl (C=O) groups excluding carboxylic acids is 4. The van der Waals surface area contributed by atoms with E-state index < -0.39 is 11.9 Å². The van der Waals surface area contributed by atoms with Crippen molar-refractivity contribution in [2.24, 2.45) is 5.92 Å². The number of halogens is 2. The van der Waals surface area contributed by atoms with Crippen molar-refractivity contribution in [1.82, 2.24) is 9.47 Å². The average Bonchev–Trinajstić information content (AvgIpc) is 3.40. The number of ketones is 2. The fourth-order valence-corrected chi connectivity index (χ4v) is 5.79. The van der Waals surface area contributed by atoms with Gasteiger partial charge in [0.1, 0.15) is 12.4 Å². The van der Waals surface area contributed by atoms with Crippen molar-refractivity contribution < 1.29 is 28.3 Å². The number of nitrogens with zero attached hydrogens (tertiary/aromatic N) is 2. The number of hydrogen-bond donors (Lipinski definition) is 0. The van der Waals surface area contributed by atoms with Gasteiger partial charge in [0, 0.05) is 35.1 Å². The summed E-state index contributed by atoms with van der Waals surface area (Å²) in [5, 5.41) is 0.716. The van der Waals surface area contributed by atoms with E-state index in [1.54, 1.807) is 46.0 Å². The number of rotatable bonds is 9. The van der Waals surface area contributed by atoms with Crippen LogP contribution in [-0.2, 0) is 38.5 Å². The van der Waals surface area contributed by atoms with Crippen LogP contribution in [0.3, 0.4) is 0 Å². The molecule has 1 amide bonds. The van der Waals surface area contributed by atoms with Crippen LogP contribution >= 0.6 is 11.6 Å². The number of amides is 1. The highest BCUT2D eigenvalue weighted by atomic mass is 35.5. The molecule has 0 unspecified atom stereocenters. The topological polar surface area (TPSA) is 85.7 Å². The molecule has 198 valence electrons. The lowest BCUT2D eigenvalue weighted by atomic mass is 10.00. The van der Waals surface area contributed by atoms with Crippen LogP contribution in [0.2, 0.25) is 5.02 Å². The molecule has 2 aromatic carbocycles. The Morgan fingerprint density at radius 1 is 1.13 bits per heavy atom. The van der Waals surface area contributed by atoms with Crippen LogP contribution < -0.4 is 0 Å². The highest BCUT2D eigenvalue weighted by Crippen LogP contribution is 2.48. The molecule has 9 heteroatoms. The van der Waals surface area contributed by atoms with E-state index in [-0.39, 0.29) is 60.3 Å². The molecule has 5 rings (SSSR count). The number of benzene rings is 2. The second-order valence-electron chi connectivity index (χ2n) is 10.1. The van der Waals surface area contributed by atoms with Gasteiger partial charge in [-0.1, -0.05) is 35.9 Å². The number of likely N-dealkylation sites (tertiary alicyclic amines) is 1. The molecule has 1 saturated carbocycles. The second-order valence-corrected chi connectivity index (χ2v) is 10.5. The first-order valence-electron chi connectivity index (χ1n) is 12.6. The molecule has 2 fully saturated rings. The summed E-state index contributed by atoms with van der Waals surface area (Å²) in [4.78, 5) is 52.5. The summed E-state index contributed by atoms with van der Waals surface area (Å²) in [6.45, 7) is 1.43. The van der Waals surface area contributed by atoms with Crippen LogP contribution in [-0.4, -0.2) is 52.1 Å². The largest absolute Gasteiger partial charge is 0.469 e. The molecule has 1 aromatic heterocycles. The molecular weight excluding hydrogens is 511 g/mol. The Morgan fingerprint density at radius 2 is 1.92 bits per heavy atom. The van der Waals surface area contributed by atoms with Crippen LogP contribution in [0.5, 0.6) is 0 Å². The van der Waals surface area contributed by atoms with E-state index in [4.69, 9.17) is 16.3 Å². The standard InChI is InChI=1S/C29H28ClFN2O5/c1-16(34)21-14-32(24-10-17(6-8-20(21)24)11-28(37)38-2)15-27(36)33-23-12-19(23)13-25(33)26(35)9-7-18-4-3-5-22(30)29(18)31/h3-6,8,10,14,19,23,25H,7,9,11-13,15H2,1-2H3/t19-,23-,25+/m1/s1. The predicted molar refractivity (Wildman–Crippen MR) is 140 cm³/mol. The molecule has 1 aliphatic heterocycles. The lowest BCUT2D eigenvalue weighted by molar-refractivity contribution is -0.140. The second kappa shape index (κ2) is 10.3. The number of ether oxygens (including phenoxy) is 1. The SMILES string of the molecule is COC(=O)Cc1ccc2c(C(C)=O)cn(CC(=O)N3[C@@H]4C[C@@H]4C[C@H]3C(=O)CCc3cccc(Cl)c3F)c2c1. The number of carbonyl (C=O) groups is 4. The number of fused-ring (bicyclic) bond motifs is 2. The van der Waals surface area contributed by atoms with E-state index in [9.17, 15) is 23.6 Å². The van der Waals surface area contributed by atoms with Gasteiger partial charge < -0.3 is 14.2 Å². The Hall–Kier alpha value is -3.52. The maximum Gasteiger partial charge on any atom is 0.309 e. The molecule has 0 N–H and O–H groups in total. The average molecular weight is 539 g/mol. The summed E-state index contributed by atoms with van der Waals surface area (Å²) in [6.07, 6.45) is 3.54. The number of esters is 1. The minimum Gasteiger partial charge on any atom is -0.469 e. The van der Waals surface area contributed by atoms with E-state index >= 15 is 0 Å².